The van der Waals surface area contributed by atoms with Crippen LogP contribution in [0.1, 0.15) is 38.2 Å². The van der Waals surface area contributed by atoms with Crippen LogP contribution in [-0.4, -0.2) is 55.1 Å². The molecule has 0 aromatic carbocycles. The van der Waals surface area contributed by atoms with Gasteiger partial charge in [-0.1, -0.05) is 0 Å². The average Bonchev–Trinajstić information content (AvgIpc) is 3.15. The van der Waals surface area contributed by atoms with Gasteiger partial charge >= 0.3 is 0 Å². The summed E-state index contributed by atoms with van der Waals surface area (Å²) in [5.74, 6) is 1.51. The van der Waals surface area contributed by atoms with Crippen molar-refractivity contribution in [3.8, 4) is 0 Å². The Labute approximate surface area is 150 Å². The molecule has 1 aliphatic carbocycles. The first kappa shape index (κ1) is 17.1. The molecule has 1 amide bonds. The summed E-state index contributed by atoms with van der Waals surface area (Å²) in [6, 6.07) is 2.05. The largest absolute Gasteiger partial charge is 0.472 e. The lowest BCUT2D eigenvalue weighted by Gasteiger charge is -2.42. The number of carbonyl (C=O) groups is 1. The van der Waals surface area contributed by atoms with E-state index >= 15 is 0 Å². The molecule has 3 aliphatic rings. The summed E-state index contributed by atoms with van der Waals surface area (Å²) < 4.78 is 11.2. The fourth-order valence-corrected chi connectivity index (χ4v) is 4.53. The molecule has 0 N–H and O–H groups in total. The van der Waals surface area contributed by atoms with Crippen LogP contribution in [-0.2, 0) is 16.1 Å². The predicted octanol–water partition coefficient (Wildman–Crippen LogP) is 2.77. The second-order valence-electron chi connectivity index (χ2n) is 8.35. The van der Waals surface area contributed by atoms with Crippen LogP contribution in [0.5, 0.6) is 0 Å². The summed E-state index contributed by atoms with van der Waals surface area (Å²) in [7, 11) is 0. The molecule has 1 aromatic rings. The highest BCUT2D eigenvalue weighted by atomic mass is 16.5. The number of rotatable bonds is 6. The number of furan rings is 1. The van der Waals surface area contributed by atoms with Crippen LogP contribution in [0.3, 0.4) is 0 Å². The molecule has 2 aliphatic heterocycles. The molecule has 0 radical (unpaired) electrons. The third kappa shape index (κ3) is 3.93. The molecular weight excluding hydrogens is 316 g/mol. The molecule has 1 aromatic heterocycles. The zero-order valence-electron chi connectivity index (χ0n) is 15.3. The van der Waals surface area contributed by atoms with Crippen molar-refractivity contribution in [2.45, 2.75) is 39.2 Å². The van der Waals surface area contributed by atoms with Crippen molar-refractivity contribution in [1.82, 2.24) is 9.80 Å². The normalized spacial score (nSPS) is 26.4. The van der Waals surface area contributed by atoms with Gasteiger partial charge in [-0.2, -0.15) is 0 Å². The van der Waals surface area contributed by atoms with E-state index < -0.39 is 0 Å². The zero-order chi connectivity index (χ0) is 17.3. The third-order valence-corrected chi connectivity index (χ3v) is 6.47. The Kier molecular flexibility index (Phi) is 4.87. The van der Waals surface area contributed by atoms with Gasteiger partial charge in [-0.25, -0.2) is 0 Å². The Morgan fingerprint density at radius 3 is 2.76 bits per heavy atom. The first-order valence-corrected chi connectivity index (χ1v) is 9.71. The minimum atomic E-state index is 0.213. The van der Waals surface area contributed by atoms with Crippen LogP contribution in [0.25, 0.3) is 0 Å². The molecule has 25 heavy (non-hydrogen) atoms. The van der Waals surface area contributed by atoms with E-state index in [0.29, 0.717) is 5.92 Å². The standard InChI is InChI=1S/C20H30N2O3/c1-16(23)22-11-19(14-25-12-17-2-3-17)20(15-22)5-7-21(8-6-20)10-18-4-9-24-13-18/h4,9,13,17,19H,2-3,5-8,10-12,14-15H2,1H3. The smallest absolute Gasteiger partial charge is 0.219 e. The fraction of sp³-hybridized carbons (Fsp3) is 0.750. The Morgan fingerprint density at radius 2 is 2.12 bits per heavy atom. The van der Waals surface area contributed by atoms with E-state index in [4.69, 9.17) is 9.15 Å². The second kappa shape index (κ2) is 7.12. The molecule has 3 fully saturated rings. The molecule has 1 atom stereocenters. The van der Waals surface area contributed by atoms with Crippen molar-refractivity contribution < 1.29 is 13.9 Å². The third-order valence-electron chi connectivity index (χ3n) is 6.47. The van der Waals surface area contributed by atoms with E-state index in [1.54, 1.807) is 13.2 Å². The number of hydrogen-bond acceptors (Lipinski definition) is 4. The first-order chi connectivity index (χ1) is 12.1. The minimum Gasteiger partial charge on any atom is -0.472 e. The van der Waals surface area contributed by atoms with Crippen molar-refractivity contribution in [3.63, 3.8) is 0 Å². The van der Waals surface area contributed by atoms with Gasteiger partial charge in [0.2, 0.25) is 5.91 Å². The minimum absolute atomic E-state index is 0.213. The first-order valence-electron chi connectivity index (χ1n) is 9.71. The average molecular weight is 346 g/mol. The van der Waals surface area contributed by atoms with E-state index in [1.807, 2.05) is 12.3 Å². The van der Waals surface area contributed by atoms with Gasteiger partial charge in [-0.3, -0.25) is 9.69 Å². The number of nitrogens with zero attached hydrogens (tertiary/aromatic N) is 2. The second-order valence-corrected chi connectivity index (χ2v) is 8.35. The summed E-state index contributed by atoms with van der Waals surface area (Å²) in [6.45, 7) is 8.38. The highest BCUT2D eigenvalue weighted by Crippen LogP contribution is 2.45. The van der Waals surface area contributed by atoms with Crippen LogP contribution >= 0.6 is 0 Å². The van der Waals surface area contributed by atoms with Gasteiger partial charge in [0.1, 0.15) is 0 Å². The highest BCUT2D eigenvalue weighted by Gasteiger charge is 2.48. The lowest BCUT2D eigenvalue weighted by atomic mass is 9.71. The molecule has 3 heterocycles. The summed E-state index contributed by atoms with van der Waals surface area (Å²) >= 11 is 0. The highest BCUT2D eigenvalue weighted by molar-refractivity contribution is 5.73. The summed E-state index contributed by atoms with van der Waals surface area (Å²) in [5, 5.41) is 0. The van der Waals surface area contributed by atoms with E-state index in [-0.39, 0.29) is 11.3 Å². The van der Waals surface area contributed by atoms with E-state index in [1.165, 1.54) is 18.4 Å². The Bertz CT molecular complexity index is 574. The molecule has 5 heteroatoms. The van der Waals surface area contributed by atoms with Crippen molar-refractivity contribution in [1.29, 1.82) is 0 Å². The number of likely N-dealkylation sites (tertiary alicyclic amines) is 2. The van der Waals surface area contributed by atoms with Crippen LogP contribution in [0.2, 0.25) is 0 Å². The number of ether oxygens (including phenoxy) is 1. The quantitative estimate of drug-likeness (QED) is 0.795. The van der Waals surface area contributed by atoms with E-state index in [2.05, 4.69) is 9.80 Å². The summed E-state index contributed by atoms with van der Waals surface area (Å²) in [5.41, 5.74) is 1.50. The number of amides is 1. The molecule has 0 bridgehead atoms. The van der Waals surface area contributed by atoms with E-state index in [0.717, 1.165) is 64.7 Å². The molecule has 138 valence electrons. The van der Waals surface area contributed by atoms with Crippen molar-refractivity contribution >= 4 is 5.91 Å². The number of piperidine rings is 1. The van der Waals surface area contributed by atoms with Gasteiger partial charge in [-0.05, 0) is 56.2 Å². The predicted molar refractivity (Wildman–Crippen MR) is 94.9 cm³/mol. The van der Waals surface area contributed by atoms with Crippen molar-refractivity contribution in [2.75, 3.05) is 39.4 Å². The summed E-state index contributed by atoms with van der Waals surface area (Å²) in [4.78, 5) is 16.5. The van der Waals surface area contributed by atoms with Crippen LogP contribution in [0.4, 0.5) is 0 Å². The number of hydrogen-bond donors (Lipinski definition) is 0. The molecule has 4 rings (SSSR count). The van der Waals surface area contributed by atoms with Crippen LogP contribution in [0.15, 0.2) is 23.0 Å². The maximum Gasteiger partial charge on any atom is 0.219 e. The van der Waals surface area contributed by atoms with Gasteiger partial charge in [0.15, 0.2) is 0 Å². The van der Waals surface area contributed by atoms with Crippen LogP contribution < -0.4 is 0 Å². The van der Waals surface area contributed by atoms with Crippen molar-refractivity contribution in [3.05, 3.63) is 24.2 Å². The SMILES string of the molecule is CC(=O)N1CC(COCC2CC2)C2(CCN(Cc3ccoc3)CC2)C1. The maximum absolute atomic E-state index is 11.9. The van der Waals surface area contributed by atoms with Gasteiger partial charge in [-0.15, -0.1) is 0 Å². The van der Waals surface area contributed by atoms with Crippen molar-refractivity contribution in [2.24, 2.45) is 17.3 Å². The summed E-state index contributed by atoms with van der Waals surface area (Å²) in [6.07, 6.45) is 8.57. The fourth-order valence-electron chi connectivity index (χ4n) is 4.53. The molecule has 1 saturated carbocycles. The Hall–Kier alpha value is -1.33. The Morgan fingerprint density at radius 1 is 1.32 bits per heavy atom. The van der Waals surface area contributed by atoms with Gasteiger partial charge in [0.25, 0.3) is 0 Å². The lowest BCUT2D eigenvalue weighted by Crippen LogP contribution is -2.45. The molecule has 1 spiro atoms. The molecule has 2 saturated heterocycles. The molecule has 5 nitrogen and oxygen atoms in total. The Balaban J connectivity index is 1.36. The van der Waals surface area contributed by atoms with Gasteiger partial charge in [0.05, 0.1) is 19.1 Å². The number of carbonyl (C=O) groups excluding carboxylic acids is 1. The van der Waals surface area contributed by atoms with E-state index in [9.17, 15) is 4.79 Å². The van der Waals surface area contributed by atoms with Crippen LogP contribution in [0, 0.1) is 17.3 Å². The van der Waals surface area contributed by atoms with Gasteiger partial charge < -0.3 is 14.1 Å². The molecule has 1 unspecified atom stereocenters. The molecular formula is C20H30N2O3. The monoisotopic (exact) mass is 346 g/mol. The topological polar surface area (TPSA) is 45.9 Å². The zero-order valence-corrected chi connectivity index (χ0v) is 15.3. The van der Waals surface area contributed by atoms with Gasteiger partial charge in [0, 0.05) is 44.6 Å². The maximum atomic E-state index is 11.9. The lowest BCUT2D eigenvalue weighted by molar-refractivity contribution is -0.128.